The monoisotopic (exact) mass is 368 g/mol. The van der Waals surface area contributed by atoms with Gasteiger partial charge in [0.2, 0.25) is 0 Å². The molecule has 3 rings (SSSR count). The molecule has 1 unspecified atom stereocenters. The van der Waals surface area contributed by atoms with Crippen LogP contribution in [0.25, 0.3) is 10.1 Å². The Balaban J connectivity index is 1.98. The number of halogens is 3. The Morgan fingerprint density at radius 2 is 1.76 bits per heavy atom. The van der Waals surface area contributed by atoms with E-state index >= 15 is 0 Å². The number of fused-ring (bicyclic) bond motifs is 1. The molecule has 21 heavy (non-hydrogen) atoms. The summed E-state index contributed by atoms with van der Waals surface area (Å²) >= 11 is 4.95. The maximum atomic E-state index is 13.7. The molecule has 5 heteroatoms. The van der Waals surface area contributed by atoms with Gasteiger partial charge in [-0.2, -0.15) is 0 Å². The maximum Gasteiger partial charge on any atom is 0.129 e. The van der Waals surface area contributed by atoms with Crippen molar-refractivity contribution in [1.29, 1.82) is 0 Å². The fraction of sp³-hybridized carbons (Fsp3) is 0.125. The largest absolute Gasteiger partial charge is 0.388 e. The van der Waals surface area contributed by atoms with Crippen molar-refractivity contribution in [3.8, 4) is 0 Å². The number of hydrogen-bond donors (Lipinski definition) is 1. The van der Waals surface area contributed by atoms with E-state index in [1.54, 1.807) is 0 Å². The van der Waals surface area contributed by atoms with Crippen molar-refractivity contribution >= 4 is 37.4 Å². The Kier molecular flexibility index (Phi) is 4.06. The van der Waals surface area contributed by atoms with E-state index in [9.17, 15) is 13.9 Å². The maximum absolute atomic E-state index is 13.7. The van der Waals surface area contributed by atoms with E-state index < -0.39 is 17.7 Å². The van der Waals surface area contributed by atoms with Crippen LogP contribution in [0.3, 0.4) is 0 Å². The van der Waals surface area contributed by atoms with E-state index in [4.69, 9.17) is 0 Å². The van der Waals surface area contributed by atoms with Crippen LogP contribution in [0, 0.1) is 11.6 Å². The van der Waals surface area contributed by atoms with E-state index in [1.807, 2.05) is 23.6 Å². The second-order valence-electron chi connectivity index (χ2n) is 4.73. The van der Waals surface area contributed by atoms with E-state index in [0.29, 0.717) is 5.56 Å². The van der Waals surface area contributed by atoms with Crippen LogP contribution in [-0.2, 0) is 6.42 Å². The number of rotatable bonds is 3. The summed E-state index contributed by atoms with van der Waals surface area (Å²) < 4.78 is 29.3. The topological polar surface area (TPSA) is 20.2 Å². The molecule has 0 amide bonds. The van der Waals surface area contributed by atoms with Crippen LogP contribution in [0.4, 0.5) is 8.78 Å². The second kappa shape index (κ2) is 5.83. The zero-order chi connectivity index (χ0) is 15.0. The molecule has 0 bridgehead atoms. The third kappa shape index (κ3) is 2.73. The second-order valence-corrected chi connectivity index (χ2v) is 6.46. The predicted octanol–water partition coefficient (Wildman–Crippen LogP) is 5.22. The molecule has 0 radical (unpaired) electrons. The Bertz CT molecular complexity index is 780. The first-order valence-corrected chi connectivity index (χ1v) is 8.01. The molecular formula is C16H11BrF2OS. The predicted molar refractivity (Wildman–Crippen MR) is 84.5 cm³/mol. The van der Waals surface area contributed by atoms with E-state index in [-0.39, 0.29) is 12.0 Å². The lowest BCUT2D eigenvalue weighted by atomic mass is 10.00. The van der Waals surface area contributed by atoms with Crippen LogP contribution in [0.1, 0.15) is 17.2 Å². The summed E-state index contributed by atoms with van der Waals surface area (Å²) in [4.78, 5) is 0. The molecule has 1 N–H and O–H groups in total. The highest BCUT2D eigenvalue weighted by Gasteiger charge is 2.18. The molecule has 2 aromatic carbocycles. The molecule has 1 atom stereocenters. The molecule has 0 aliphatic carbocycles. The Morgan fingerprint density at radius 3 is 2.48 bits per heavy atom. The third-order valence-electron chi connectivity index (χ3n) is 3.40. The average molecular weight is 369 g/mol. The van der Waals surface area contributed by atoms with E-state index in [0.717, 1.165) is 14.6 Å². The van der Waals surface area contributed by atoms with Gasteiger partial charge in [0.15, 0.2) is 0 Å². The fourth-order valence-corrected chi connectivity index (χ4v) is 4.00. The van der Waals surface area contributed by atoms with Gasteiger partial charge in [0.1, 0.15) is 11.6 Å². The smallest absolute Gasteiger partial charge is 0.129 e. The van der Waals surface area contributed by atoms with Crippen molar-refractivity contribution in [2.45, 2.75) is 12.5 Å². The lowest BCUT2D eigenvalue weighted by molar-refractivity contribution is 0.177. The minimum absolute atomic E-state index is 0.0839. The van der Waals surface area contributed by atoms with Crippen LogP contribution in [-0.4, -0.2) is 5.11 Å². The lowest BCUT2D eigenvalue weighted by Crippen LogP contribution is -2.05. The van der Waals surface area contributed by atoms with Crippen LogP contribution < -0.4 is 0 Å². The quantitative estimate of drug-likeness (QED) is 0.671. The highest BCUT2D eigenvalue weighted by Crippen LogP contribution is 2.36. The Hall–Kier alpha value is -1.30. The molecule has 0 spiro atoms. The highest BCUT2D eigenvalue weighted by atomic mass is 79.9. The van der Waals surface area contributed by atoms with E-state index in [1.165, 1.54) is 29.5 Å². The summed E-state index contributed by atoms with van der Waals surface area (Å²) in [6.45, 7) is 0. The first kappa shape index (κ1) is 14.6. The van der Waals surface area contributed by atoms with Gasteiger partial charge in [0.25, 0.3) is 0 Å². The molecule has 1 aromatic heterocycles. The summed E-state index contributed by atoms with van der Waals surface area (Å²) in [6.07, 6.45) is -1.03. The van der Waals surface area contributed by atoms with Gasteiger partial charge in [-0.3, -0.25) is 0 Å². The Morgan fingerprint density at radius 1 is 1.10 bits per heavy atom. The summed E-state index contributed by atoms with van der Waals surface area (Å²) in [5.41, 5.74) is 0.610. The van der Waals surface area contributed by atoms with Gasteiger partial charge < -0.3 is 5.11 Å². The molecule has 1 heterocycles. The van der Waals surface area contributed by atoms with Gasteiger partial charge in [0.05, 0.1) is 6.10 Å². The molecule has 3 aromatic rings. The average Bonchev–Trinajstić information content (AvgIpc) is 2.88. The number of aliphatic hydroxyl groups excluding tert-OH is 1. The molecule has 1 nitrogen and oxygen atoms in total. The molecule has 0 aliphatic rings. The fourth-order valence-electron chi connectivity index (χ4n) is 2.33. The third-order valence-corrected chi connectivity index (χ3v) is 5.37. The van der Waals surface area contributed by atoms with E-state index in [2.05, 4.69) is 15.9 Å². The summed E-state index contributed by atoms with van der Waals surface area (Å²) in [6, 6.07) is 9.41. The number of thiophene rings is 1. The first-order valence-electron chi connectivity index (χ1n) is 6.34. The summed E-state index contributed by atoms with van der Waals surface area (Å²) in [5, 5.41) is 13.1. The summed E-state index contributed by atoms with van der Waals surface area (Å²) in [7, 11) is 0. The van der Waals surface area contributed by atoms with Crippen molar-refractivity contribution < 1.29 is 13.9 Å². The minimum atomic E-state index is -0.945. The number of benzene rings is 2. The molecule has 0 fully saturated rings. The molecule has 0 aliphatic heterocycles. The normalized spacial score (nSPS) is 12.8. The number of aliphatic hydroxyl groups is 1. The van der Waals surface area contributed by atoms with Gasteiger partial charge in [-0.15, -0.1) is 11.3 Å². The highest BCUT2D eigenvalue weighted by molar-refractivity contribution is 9.10. The van der Waals surface area contributed by atoms with Crippen molar-refractivity contribution in [3.05, 3.63) is 69.0 Å². The van der Waals surface area contributed by atoms with Crippen LogP contribution in [0.5, 0.6) is 0 Å². The van der Waals surface area contributed by atoms with Crippen molar-refractivity contribution in [3.63, 3.8) is 0 Å². The molecule has 0 saturated heterocycles. The number of hydrogen-bond acceptors (Lipinski definition) is 2. The van der Waals surface area contributed by atoms with Gasteiger partial charge in [0, 0.05) is 21.2 Å². The van der Waals surface area contributed by atoms with Crippen LogP contribution in [0.15, 0.2) is 46.3 Å². The zero-order valence-corrected chi connectivity index (χ0v) is 13.2. The molecule has 0 saturated carbocycles. The Labute approximate surface area is 133 Å². The van der Waals surface area contributed by atoms with Crippen LogP contribution in [0.2, 0.25) is 0 Å². The van der Waals surface area contributed by atoms with Crippen molar-refractivity contribution in [2.75, 3.05) is 0 Å². The lowest BCUT2D eigenvalue weighted by Gasteiger charge is -2.11. The standard InChI is InChI=1S/C16H11BrF2OS/c17-12-4-1-3-9-11(8-21-16(9)12)15(20)7-10-13(18)5-2-6-14(10)19/h1-6,8,15,20H,7H2. The van der Waals surface area contributed by atoms with Gasteiger partial charge in [-0.05, 0) is 50.5 Å². The van der Waals surface area contributed by atoms with Crippen molar-refractivity contribution in [1.82, 2.24) is 0 Å². The van der Waals surface area contributed by atoms with Gasteiger partial charge in [-0.25, -0.2) is 8.78 Å². The van der Waals surface area contributed by atoms with Crippen LogP contribution >= 0.6 is 27.3 Å². The van der Waals surface area contributed by atoms with Gasteiger partial charge >= 0.3 is 0 Å². The SMILES string of the molecule is OC(Cc1c(F)cccc1F)c1csc2c(Br)cccc12. The molecule has 108 valence electrons. The molecular weight excluding hydrogens is 358 g/mol. The van der Waals surface area contributed by atoms with Gasteiger partial charge in [-0.1, -0.05) is 18.2 Å². The first-order chi connectivity index (χ1) is 10.1. The minimum Gasteiger partial charge on any atom is -0.388 e. The summed E-state index contributed by atoms with van der Waals surface area (Å²) in [5.74, 6) is -1.26. The van der Waals surface area contributed by atoms with Crippen molar-refractivity contribution in [2.24, 2.45) is 0 Å². The zero-order valence-electron chi connectivity index (χ0n) is 10.8.